The average Bonchev–Trinajstić information content (AvgIpc) is 2.51. The molecule has 1 saturated heterocycles. The van der Waals surface area contributed by atoms with Crippen molar-refractivity contribution in [2.45, 2.75) is 58.5 Å². The largest absolute Gasteiger partial charge is 0.345 e. The van der Waals surface area contributed by atoms with Crippen LogP contribution >= 0.6 is 0 Å². The van der Waals surface area contributed by atoms with Gasteiger partial charge in [0, 0.05) is 0 Å². The van der Waals surface area contributed by atoms with Gasteiger partial charge in [-0.1, -0.05) is 20.8 Å². The van der Waals surface area contributed by atoms with Crippen LogP contribution in [0.15, 0.2) is 0 Å². The van der Waals surface area contributed by atoms with Gasteiger partial charge in [-0.15, -0.1) is 0 Å². The molecule has 1 aliphatic rings. The molecule has 1 heterocycles. The molecule has 0 aromatic carbocycles. The van der Waals surface area contributed by atoms with E-state index in [1.807, 2.05) is 13.8 Å². The molecule has 5 nitrogen and oxygen atoms in total. The van der Waals surface area contributed by atoms with E-state index in [-0.39, 0.29) is 17.7 Å². The summed E-state index contributed by atoms with van der Waals surface area (Å²) >= 11 is 0. The first-order chi connectivity index (χ1) is 9.43. The molecule has 0 aromatic rings. The van der Waals surface area contributed by atoms with Gasteiger partial charge in [-0.05, 0) is 44.7 Å². The second kappa shape index (κ2) is 8.37. The lowest BCUT2D eigenvalue weighted by Crippen LogP contribution is -2.49. The van der Waals surface area contributed by atoms with Gasteiger partial charge in [-0.25, -0.2) is 0 Å². The van der Waals surface area contributed by atoms with Gasteiger partial charge < -0.3 is 11.1 Å². The minimum atomic E-state index is -0.516. The summed E-state index contributed by atoms with van der Waals surface area (Å²) in [4.78, 5) is 26.4. The summed E-state index contributed by atoms with van der Waals surface area (Å²) < 4.78 is 0. The highest BCUT2D eigenvalue weighted by molar-refractivity contribution is 5.92. The average molecular weight is 283 g/mol. The highest BCUT2D eigenvalue weighted by Gasteiger charge is 2.27. The Kier molecular flexibility index (Phi) is 7.16. The minimum Gasteiger partial charge on any atom is -0.345 e. The number of carbonyl (C=O) groups excluding carboxylic acids is 2. The Bertz CT molecular complexity index is 331. The number of rotatable bonds is 6. The molecule has 5 heteroatoms. The number of nitrogens with one attached hydrogen (secondary N) is 1. The zero-order valence-corrected chi connectivity index (χ0v) is 13.0. The molecular weight excluding hydrogens is 254 g/mol. The Morgan fingerprint density at radius 2 is 2.20 bits per heavy atom. The second-order valence-electron chi connectivity index (χ2n) is 6.18. The third kappa shape index (κ3) is 5.59. The number of amides is 1. The first kappa shape index (κ1) is 17.1. The third-order valence-corrected chi connectivity index (χ3v) is 3.65. The van der Waals surface area contributed by atoms with Crippen molar-refractivity contribution in [1.29, 1.82) is 0 Å². The van der Waals surface area contributed by atoms with E-state index in [1.54, 1.807) is 0 Å². The number of hydrogen-bond donors (Lipinski definition) is 2. The molecule has 0 bridgehead atoms. The Morgan fingerprint density at radius 3 is 2.80 bits per heavy atom. The summed E-state index contributed by atoms with van der Waals surface area (Å²) in [5.41, 5.74) is 5.86. The van der Waals surface area contributed by atoms with Crippen molar-refractivity contribution >= 4 is 11.7 Å². The number of ketones is 1. The summed E-state index contributed by atoms with van der Waals surface area (Å²) in [6.07, 6.45) is 3.35. The monoisotopic (exact) mass is 283 g/mol. The zero-order chi connectivity index (χ0) is 15.1. The molecule has 0 radical (unpaired) electrons. The first-order valence-corrected chi connectivity index (χ1v) is 7.75. The molecule has 1 rings (SSSR count). The molecule has 3 N–H and O–H groups in total. The number of nitrogens with two attached hydrogens (primary N) is 1. The van der Waals surface area contributed by atoms with Crippen LogP contribution in [0.2, 0.25) is 0 Å². The SMILES string of the molecule is CCCN1CCCC(NC(=O)[C@@H](N)CC(C)C)C(=O)C1. The summed E-state index contributed by atoms with van der Waals surface area (Å²) in [5, 5.41) is 2.84. The van der Waals surface area contributed by atoms with Crippen molar-refractivity contribution in [1.82, 2.24) is 10.2 Å². The van der Waals surface area contributed by atoms with Gasteiger partial charge in [-0.2, -0.15) is 0 Å². The molecule has 1 amide bonds. The van der Waals surface area contributed by atoms with Crippen LogP contribution in [0.4, 0.5) is 0 Å². The highest BCUT2D eigenvalue weighted by Crippen LogP contribution is 2.10. The van der Waals surface area contributed by atoms with Gasteiger partial charge in [0.15, 0.2) is 5.78 Å². The van der Waals surface area contributed by atoms with E-state index in [2.05, 4.69) is 17.1 Å². The van der Waals surface area contributed by atoms with E-state index < -0.39 is 6.04 Å². The van der Waals surface area contributed by atoms with Gasteiger partial charge in [0.25, 0.3) is 0 Å². The molecule has 20 heavy (non-hydrogen) atoms. The van der Waals surface area contributed by atoms with Crippen LogP contribution < -0.4 is 11.1 Å². The fraction of sp³-hybridized carbons (Fsp3) is 0.867. The number of hydrogen-bond acceptors (Lipinski definition) is 4. The zero-order valence-electron chi connectivity index (χ0n) is 13.0. The normalized spacial score (nSPS) is 22.6. The number of Topliss-reactive ketones (excluding diaryl/α,β-unsaturated/α-hetero) is 1. The van der Waals surface area contributed by atoms with Crippen LogP contribution in [-0.2, 0) is 9.59 Å². The highest BCUT2D eigenvalue weighted by atomic mass is 16.2. The van der Waals surface area contributed by atoms with Crippen molar-refractivity contribution in [2.24, 2.45) is 11.7 Å². The second-order valence-corrected chi connectivity index (χ2v) is 6.18. The Morgan fingerprint density at radius 1 is 1.50 bits per heavy atom. The van der Waals surface area contributed by atoms with Crippen LogP contribution in [-0.4, -0.2) is 48.3 Å². The van der Waals surface area contributed by atoms with Crippen molar-refractivity contribution in [2.75, 3.05) is 19.6 Å². The summed E-state index contributed by atoms with van der Waals surface area (Å²) in [6, 6.07) is -0.875. The van der Waals surface area contributed by atoms with E-state index in [4.69, 9.17) is 5.73 Å². The van der Waals surface area contributed by atoms with Crippen LogP contribution in [0.1, 0.15) is 46.5 Å². The topological polar surface area (TPSA) is 75.4 Å². The number of nitrogens with zero attached hydrogens (tertiary/aromatic N) is 1. The van der Waals surface area contributed by atoms with Gasteiger partial charge in [0.1, 0.15) is 0 Å². The minimum absolute atomic E-state index is 0.112. The summed E-state index contributed by atoms with van der Waals surface area (Å²) in [6.45, 7) is 8.50. The lowest BCUT2D eigenvalue weighted by molar-refractivity contribution is -0.128. The molecular formula is C15H29N3O2. The van der Waals surface area contributed by atoms with Gasteiger partial charge >= 0.3 is 0 Å². The Hall–Kier alpha value is -0.940. The smallest absolute Gasteiger partial charge is 0.237 e. The molecule has 1 aliphatic heterocycles. The number of carbonyl (C=O) groups is 2. The van der Waals surface area contributed by atoms with E-state index in [1.165, 1.54) is 0 Å². The van der Waals surface area contributed by atoms with Crippen molar-refractivity contribution in [3.05, 3.63) is 0 Å². The fourth-order valence-electron chi connectivity index (χ4n) is 2.64. The third-order valence-electron chi connectivity index (χ3n) is 3.65. The molecule has 0 spiro atoms. The summed E-state index contributed by atoms with van der Waals surface area (Å²) in [7, 11) is 0. The van der Waals surface area contributed by atoms with Gasteiger partial charge in [-0.3, -0.25) is 14.5 Å². The number of likely N-dealkylation sites (tertiary alicyclic amines) is 1. The van der Waals surface area contributed by atoms with Gasteiger partial charge in [0.2, 0.25) is 5.91 Å². The predicted molar refractivity (Wildman–Crippen MR) is 80.3 cm³/mol. The Labute approximate surface area is 122 Å². The predicted octanol–water partition coefficient (Wildman–Crippen LogP) is 0.920. The van der Waals surface area contributed by atoms with Crippen LogP contribution in [0, 0.1) is 5.92 Å². The maximum absolute atomic E-state index is 12.2. The standard InChI is InChI=1S/C15H29N3O2/c1-4-7-18-8-5-6-13(14(19)10-18)17-15(20)12(16)9-11(2)3/h11-13H,4-10,16H2,1-3H3,(H,17,20)/t12-,13?/m0/s1. The van der Waals surface area contributed by atoms with Crippen molar-refractivity contribution in [3.8, 4) is 0 Å². The molecule has 1 fully saturated rings. The van der Waals surface area contributed by atoms with Crippen molar-refractivity contribution < 1.29 is 9.59 Å². The Balaban J connectivity index is 2.50. The first-order valence-electron chi connectivity index (χ1n) is 7.75. The molecule has 1 unspecified atom stereocenters. The quantitative estimate of drug-likeness (QED) is 0.760. The van der Waals surface area contributed by atoms with Crippen molar-refractivity contribution in [3.63, 3.8) is 0 Å². The van der Waals surface area contributed by atoms with E-state index in [0.29, 0.717) is 18.9 Å². The molecule has 2 atom stereocenters. The maximum atomic E-state index is 12.2. The van der Waals surface area contributed by atoms with Gasteiger partial charge in [0.05, 0.1) is 18.6 Å². The van der Waals surface area contributed by atoms with E-state index >= 15 is 0 Å². The van der Waals surface area contributed by atoms with E-state index in [9.17, 15) is 9.59 Å². The molecule has 0 aromatic heterocycles. The maximum Gasteiger partial charge on any atom is 0.237 e. The summed E-state index contributed by atoms with van der Waals surface area (Å²) in [5.74, 6) is 0.294. The fourth-order valence-corrected chi connectivity index (χ4v) is 2.64. The molecule has 116 valence electrons. The molecule has 0 saturated carbocycles. The lowest BCUT2D eigenvalue weighted by Gasteiger charge is -2.20. The van der Waals surface area contributed by atoms with Crippen LogP contribution in [0.25, 0.3) is 0 Å². The van der Waals surface area contributed by atoms with Crippen LogP contribution in [0.5, 0.6) is 0 Å². The van der Waals surface area contributed by atoms with E-state index in [0.717, 1.165) is 32.4 Å². The molecule has 0 aliphatic carbocycles. The lowest BCUT2D eigenvalue weighted by atomic mass is 10.0. The van der Waals surface area contributed by atoms with Crippen LogP contribution in [0.3, 0.4) is 0 Å².